The van der Waals surface area contributed by atoms with Gasteiger partial charge in [0.15, 0.2) is 15.1 Å². The molecule has 0 bridgehead atoms. The van der Waals surface area contributed by atoms with Gasteiger partial charge in [0.05, 0.1) is 4.90 Å². The van der Waals surface area contributed by atoms with Gasteiger partial charge in [0.25, 0.3) is 0 Å². The highest BCUT2D eigenvalue weighted by Crippen LogP contribution is 2.23. The molecule has 1 unspecified atom stereocenters. The molecule has 0 aliphatic rings. The van der Waals surface area contributed by atoms with E-state index in [0.29, 0.717) is 5.57 Å². The molecule has 0 radical (unpaired) electrons. The molecule has 0 aliphatic heterocycles. The summed E-state index contributed by atoms with van der Waals surface area (Å²) >= 11 is 0. The van der Waals surface area contributed by atoms with E-state index in [4.69, 9.17) is 0 Å². The molecule has 0 saturated heterocycles. The number of benzene rings is 2. The molecule has 5 heteroatoms. The number of carboxylic acid groups (broad SMARTS) is 1. The molecule has 4 nitrogen and oxygen atoms in total. The van der Waals surface area contributed by atoms with Crippen molar-refractivity contribution in [1.29, 1.82) is 0 Å². The number of allylic oxidation sites excluding steroid dienone is 1. The van der Waals surface area contributed by atoms with Crippen LogP contribution in [-0.4, -0.2) is 24.7 Å². The standard InChI is InChI=1S/C19H20O4S/c1-14-8-10-17(11-9-14)24(22,23)18(19(20)21)13-15(2)12-16-6-4-3-5-7-16/h3-12,18H,13H2,1-2H3,(H,20,21)/b15-12-. The second-order valence-electron chi connectivity index (χ2n) is 5.79. The van der Waals surface area contributed by atoms with Crippen molar-refractivity contribution in [3.8, 4) is 0 Å². The van der Waals surface area contributed by atoms with Crippen molar-refractivity contribution in [2.75, 3.05) is 0 Å². The molecule has 0 amide bonds. The lowest BCUT2D eigenvalue weighted by Crippen LogP contribution is -2.30. The fourth-order valence-corrected chi connectivity index (χ4v) is 4.00. The van der Waals surface area contributed by atoms with Crippen molar-refractivity contribution in [3.05, 3.63) is 71.3 Å². The minimum Gasteiger partial charge on any atom is -0.480 e. The van der Waals surface area contributed by atoms with E-state index in [1.54, 1.807) is 25.1 Å². The van der Waals surface area contributed by atoms with Crippen molar-refractivity contribution >= 4 is 21.9 Å². The molecule has 2 rings (SSSR count). The number of carbonyl (C=O) groups is 1. The Bertz CT molecular complexity index is 835. The Balaban J connectivity index is 2.31. The van der Waals surface area contributed by atoms with Crippen LogP contribution in [0.5, 0.6) is 0 Å². The molecule has 0 saturated carbocycles. The van der Waals surface area contributed by atoms with Crippen LogP contribution in [0.4, 0.5) is 0 Å². The average molecular weight is 344 g/mol. The van der Waals surface area contributed by atoms with E-state index in [2.05, 4.69) is 0 Å². The van der Waals surface area contributed by atoms with Crippen molar-refractivity contribution in [2.45, 2.75) is 30.4 Å². The minimum atomic E-state index is -3.94. The number of aliphatic carboxylic acids is 1. The fourth-order valence-electron chi connectivity index (χ4n) is 2.41. The highest BCUT2D eigenvalue weighted by atomic mass is 32.2. The monoisotopic (exact) mass is 344 g/mol. The number of carboxylic acids is 1. The van der Waals surface area contributed by atoms with Gasteiger partial charge in [0.1, 0.15) is 0 Å². The third kappa shape index (κ3) is 4.32. The highest BCUT2D eigenvalue weighted by molar-refractivity contribution is 7.92. The molecule has 0 spiro atoms. The Kier molecular flexibility index (Phi) is 5.57. The minimum absolute atomic E-state index is 0.0352. The van der Waals surface area contributed by atoms with Gasteiger partial charge in [-0.3, -0.25) is 4.79 Å². The number of sulfone groups is 1. The summed E-state index contributed by atoms with van der Waals surface area (Å²) in [6.45, 7) is 3.59. The first-order valence-electron chi connectivity index (χ1n) is 7.56. The summed E-state index contributed by atoms with van der Waals surface area (Å²) < 4.78 is 25.3. The fraction of sp³-hybridized carbons (Fsp3) is 0.211. The van der Waals surface area contributed by atoms with E-state index in [1.165, 1.54) is 12.1 Å². The van der Waals surface area contributed by atoms with Crippen molar-refractivity contribution in [2.24, 2.45) is 0 Å². The summed E-state index contributed by atoms with van der Waals surface area (Å²) in [5.74, 6) is -1.34. The van der Waals surface area contributed by atoms with Crippen molar-refractivity contribution in [3.63, 3.8) is 0 Å². The molecular weight excluding hydrogens is 324 g/mol. The molecule has 0 heterocycles. The van der Waals surface area contributed by atoms with Crippen molar-refractivity contribution < 1.29 is 18.3 Å². The van der Waals surface area contributed by atoms with Gasteiger partial charge >= 0.3 is 5.97 Å². The first kappa shape index (κ1) is 17.9. The van der Waals surface area contributed by atoms with E-state index >= 15 is 0 Å². The van der Waals surface area contributed by atoms with E-state index < -0.39 is 21.1 Å². The van der Waals surface area contributed by atoms with Crippen LogP contribution >= 0.6 is 0 Å². The lowest BCUT2D eigenvalue weighted by atomic mass is 10.1. The Morgan fingerprint density at radius 3 is 2.21 bits per heavy atom. The molecule has 2 aromatic carbocycles. The zero-order chi connectivity index (χ0) is 17.7. The Labute approximate surface area is 142 Å². The quantitative estimate of drug-likeness (QED) is 0.867. The Morgan fingerprint density at radius 2 is 1.67 bits per heavy atom. The summed E-state index contributed by atoms with van der Waals surface area (Å²) in [5, 5.41) is 7.93. The van der Waals surface area contributed by atoms with Gasteiger partial charge in [-0.15, -0.1) is 0 Å². The first-order chi connectivity index (χ1) is 11.3. The second-order valence-corrected chi connectivity index (χ2v) is 7.92. The topological polar surface area (TPSA) is 71.4 Å². The lowest BCUT2D eigenvalue weighted by Gasteiger charge is -2.14. The Morgan fingerprint density at radius 1 is 1.08 bits per heavy atom. The molecular formula is C19H20O4S. The zero-order valence-corrected chi connectivity index (χ0v) is 14.5. The van der Waals surface area contributed by atoms with Gasteiger partial charge in [0.2, 0.25) is 0 Å². The maximum atomic E-state index is 12.7. The predicted molar refractivity (Wildman–Crippen MR) is 94.5 cm³/mol. The molecule has 1 N–H and O–H groups in total. The maximum absolute atomic E-state index is 12.7. The van der Waals surface area contributed by atoms with E-state index in [9.17, 15) is 18.3 Å². The van der Waals surface area contributed by atoms with Crippen LogP contribution in [0.25, 0.3) is 6.08 Å². The van der Waals surface area contributed by atoms with E-state index in [0.717, 1.165) is 11.1 Å². The van der Waals surface area contributed by atoms with Crippen LogP contribution in [0.15, 0.2) is 65.1 Å². The van der Waals surface area contributed by atoms with Gasteiger partial charge in [-0.25, -0.2) is 8.42 Å². The summed E-state index contributed by atoms with van der Waals surface area (Å²) in [6.07, 6.45) is 1.75. The molecule has 0 aliphatic carbocycles. The van der Waals surface area contributed by atoms with E-state index in [1.807, 2.05) is 37.3 Å². The molecule has 2 aromatic rings. The SMILES string of the molecule is C/C(=C/c1ccccc1)CC(C(=O)O)S(=O)(=O)c1ccc(C)cc1. The van der Waals surface area contributed by atoms with Crippen LogP contribution in [0.2, 0.25) is 0 Å². The largest absolute Gasteiger partial charge is 0.480 e. The van der Waals surface area contributed by atoms with Gasteiger partial charge in [-0.1, -0.05) is 59.7 Å². The number of rotatable bonds is 6. The predicted octanol–water partition coefficient (Wildman–Crippen LogP) is 3.72. The van der Waals surface area contributed by atoms with Gasteiger partial charge in [-0.05, 0) is 38.0 Å². The van der Waals surface area contributed by atoms with E-state index in [-0.39, 0.29) is 11.3 Å². The highest BCUT2D eigenvalue weighted by Gasteiger charge is 2.34. The summed E-state index contributed by atoms with van der Waals surface area (Å²) in [6, 6.07) is 15.6. The number of hydrogen-bond donors (Lipinski definition) is 1. The maximum Gasteiger partial charge on any atom is 0.322 e. The first-order valence-corrected chi connectivity index (χ1v) is 9.11. The normalized spacial score (nSPS) is 13.5. The molecule has 1 atom stereocenters. The van der Waals surface area contributed by atoms with Gasteiger partial charge in [-0.2, -0.15) is 0 Å². The zero-order valence-electron chi connectivity index (χ0n) is 13.6. The Hall–Kier alpha value is -2.40. The number of hydrogen-bond acceptors (Lipinski definition) is 3. The smallest absolute Gasteiger partial charge is 0.322 e. The summed E-state index contributed by atoms with van der Waals surface area (Å²) in [4.78, 5) is 11.6. The molecule has 0 aromatic heterocycles. The average Bonchev–Trinajstić information content (AvgIpc) is 2.53. The van der Waals surface area contributed by atoms with Crippen LogP contribution in [0.3, 0.4) is 0 Å². The van der Waals surface area contributed by atoms with Gasteiger partial charge < -0.3 is 5.11 Å². The third-order valence-corrected chi connectivity index (χ3v) is 5.77. The summed E-state index contributed by atoms with van der Waals surface area (Å²) in [5.41, 5.74) is 2.53. The van der Waals surface area contributed by atoms with Crippen LogP contribution in [0.1, 0.15) is 24.5 Å². The van der Waals surface area contributed by atoms with Crippen LogP contribution in [-0.2, 0) is 14.6 Å². The third-order valence-electron chi connectivity index (χ3n) is 3.72. The van der Waals surface area contributed by atoms with Crippen LogP contribution < -0.4 is 0 Å². The van der Waals surface area contributed by atoms with Crippen molar-refractivity contribution in [1.82, 2.24) is 0 Å². The summed E-state index contributed by atoms with van der Waals surface area (Å²) in [7, 11) is -3.94. The molecule has 126 valence electrons. The second kappa shape index (κ2) is 7.45. The lowest BCUT2D eigenvalue weighted by molar-refractivity contribution is -0.136. The number of aryl methyl sites for hydroxylation is 1. The van der Waals surface area contributed by atoms with Crippen LogP contribution in [0, 0.1) is 6.92 Å². The van der Waals surface area contributed by atoms with Gasteiger partial charge in [0, 0.05) is 0 Å². The molecule has 0 fully saturated rings. The molecule has 24 heavy (non-hydrogen) atoms.